The van der Waals surface area contributed by atoms with Crippen LogP contribution >= 0.6 is 0 Å². The first-order valence-electron chi connectivity index (χ1n) is 6.90. The van der Waals surface area contributed by atoms with Crippen LogP contribution in [0.5, 0.6) is 11.5 Å². The van der Waals surface area contributed by atoms with E-state index < -0.39 is 0 Å². The van der Waals surface area contributed by atoms with Crippen molar-refractivity contribution in [1.82, 2.24) is 4.48 Å². The highest BCUT2D eigenvalue weighted by atomic mass is 127. The summed E-state index contributed by atoms with van der Waals surface area (Å²) >= 11 is 0. The Hall–Kier alpha value is -1.34. The number of quaternary nitrogens is 1. The molecule has 0 radical (unpaired) electrons. The molecule has 120 valence electrons. The predicted octanol–water partition coefficient (Wildman–Crippen LogP) is 0.490. The number of aromatic hydroxyl groups is 1. The highest BCUT2D eigenvalue weighted by Crippen LogP contribution is 2.23. The third-order valence-corrected chi connectivity index (χ3v) is 3.52. The van der Waals surface area contributed by atoms with Crippen molar-refractivity contribution in [2.45, 2.75) is 6.92 Å². The second-order valence-electron chi connectivity index (χ2n) is 5.71. The lowest BCUT2D eigenvalue weighted by atomic mass is 10.2. The molecule has 0 heterocycles. The second-order valence-corrected chi connectivity index (χ2v) is 5.71. The van der Waals surface area contributed by atoms with Gasteiger partial charge < -0.3 is 33.8 Å². The highest BCUT2D eigenvalue weighted by molar-refractivity contribution is 5.46. The van der Waals surface area contributed by atoms with E-state index >= 15 is 0 Å². The zero-order valence-corrected chi connectivity index (χ0v) is 15.2. The average Bonchev–Trinajstić information content (AvgIpc) is 2.41. The van der Waals surface area contributed by atoms with Crippen molar-refractivity contribution in [2.75, 3.05) is 27.2 Å². The summed E-state index contributed by atoms with van der Waals surface area (Å²) in [5.41, 5.74) is 1.85. The van der Waals surface area contributed by atoms with Crippen LogP contribution in [0.25, 0.3) is 0 Å². The molecule has 0 aromatic heterocycles. The molecule has 0 aliphatic carbocycles. The van der Waals surface area contributed by atoms with Crippen LogP contribution in [-0.4, -0.2) is 32.4 Å². The largest absolute Gasteiger partial charge is 1.00 e. The number of benzene rings is 2. The minimum Gasteiger partial charge on any atom is -1.00 e. The number of ether oxygens (including phenoxy) is 1. The summed E-state index contributed by atoms with van der Waals surface area (Å²) in [4.78, 5) is 0. The number of aryl methyl sites for hydroxylation is 1. The molecule has 1 N–H and O–H groups in total. The van der Waals surface area contributed by atoms with Crippen LogP contribution in [0.15, 0.2) is 42.5 Å². The molecule has 2 rings (SSSR count). The van der Waals surface area contributed by atoms with Gasteiger partial charge in [-0.3, -0.25) is 4.48 Å². The van der Waals surface area contributed by atoms with E-state index in [0.717, 1.165) is 11.3 Å². The number of halogens is 2. The molecule has 2 aromatic carbocycles. The molecule has 0 aliphatic rings. The summed E-state index contributed by atoms with van der Waals surface area (Å²) < 4.78 is 19.8. The van der Waals surface area contributed by atoms with E-state index in [4.69, 9.17) is 4.74 Å². The van der Waals surface area contributed by atoms with Crippen LogP contribution in [0.2, 0.25) is 0 Å². The molecule has 0 unspecified atom stereocenters. The van der Waals surface area contributed by atoms with Gasteiger partial charge in [0.2, 0.25) is 0 Å². The van der Waals surface area contributed by atoms with Crippen LogP contribution in [0, 0.1) is 12.7 Å². The second kappa shape index (κ2) is 7.78. The molecule has 22 heavy (non-hydrogen) atoms. The van der Waals surface area contributed by atoms with Gasteiger partial charge in [0.25, 0.3) is 0 Å². The lowest BCUT2D eigenvalue weighted by Gasteiger charge is -2.29. The summed E-state index contributed by atoms with van der Waals surface area (Å²) in [6.45, 7) is 2.90. The Bertz CT molecular complexity index is 632. The number of nitrogens with zero attached hydrogens (tertiary/aromatic N) is 1. The quantitative estimate of drug-likeness (QED) is 0.567. The summed E-state index contributed by atoms with van der Waals surface area (Å²) in [7, 11) is 4.03. The van der Waals surface area contributed by atoms with E-state index in [2.05, 4.69) is 0 Å². The normalized spacial score (nSPS) is 10.9. The average molecular weight is 417 g/mol. The van der Waals surface area contributed by atoms with Crippen LogP contribution in [0.1, 0.15) is 5.56 Å². The van der Waals surface area contributed by atoms with Gasteiger partial charge in [-0.15, -0.1) is 0 Å². The Kier molecular flexibility index (Phi) is 6.62. The summed E-state index contributed by atoms with van der Waals surface area (Å²) in [6, 6.07) is 12.1. The SMILES string of the molecule is Cc1ccc(OCC[N+](C)(C)c2cccc(O)c2)c(F)c1.[I-]. The maximum Gasteiger partial charge on any atom is 0.165 e. The number of hydrogen-bond acceptors (Lipinski definition) is 2. The fraction of sp³-hybridized carbons (Fsp3) is 0.294. The molecule has 0 bridgehead atoms. The predicted molar refractivity (Wildman–Crippen MR) is 83.2 cm³/mol. The van der Waals surface area contributed by atoms with Crippen molar-refractivity contribution in [3.8, 4) is 11.5 Å². The molecular formula is C17H21FINO2. The van der Waals surface area contributed by atoms with E-state index in [0.29, 0.717) is 17.6 Å². The van der Waals surface area contributed by atoms with Crippen molar-refractivity contribution in [3.63, 3.8) is 0 Å². The van der Waals surface area contributed by atoms with Crippen LogP contribution < -0.4 is 33.2 Å². The van der Waals surface area contributed by atoms with Crippen molar-refractivity contribution in [1.29, 1.82) is 0 Å². The molecule has 5 heteroatoms. The molecule has 2 aromatic rings. The molecule has 0 amide bonds. The third-order valence-electron chi connectivity index (χ3n) is 3.52. The van der Waals surface area contributed by atoms with E-state index in [9.17, 15) is 9.50 Å². The van der Waals surface area contributed by atoms with Gasteiger partial charge in [-0.25, -0.2) is 4.39 Å². The fourth-order valence-corrected chi connectivity index (χ4v) is 2.11. The van der Waals surface area contributed by atoms with Gasteiger partial charge in [0, 0.05) is 6.07 Å². The number of likely N-dealkylation sites (N-methyl/N-ethyl adjacent to an activating group) is 1. The van der Waals surface area contributed by atoms with Crippen LogP contribution in [0.3, 0.4) is 0 Å². The van der Waals surface area contributed by atoms with Gasteiger partial charge in [-0.2, -0.15) is 0 Å². The first-order valence-corrected chi connectivity index (χ1v) is 6.90. The van der Waals surface area contributed by atoms with E-state index in [-0.39, 0.29) is 41.3 Å². The van der Waals surface area contributed by atoms with E-state index in [1.54, 1.807) is 18.2 Å². The lowest BCUT2D eigenvalue weighted by Crippen LogP contribution is -3.00. The number of phenols is 1. The third kappa shape index (κ3) is 4.84. The Morgan fingerprint density at radius 3 is 2.50 bits per heavy atom. The molecule has 0 atom stereocenters. The van der Waals surface area contributed by atoms with Crippen LogP contribution in [-0.2, 0) is 0 Å². The lowest BCUT2D eigenvalue weighted by molar-refractivity contribution is -0.00000662. The van der Waals surface area contributed by atoms with Crippen molar-refractivity contribution in [2.24, 2.45) is 0 Å². The Labute approximate surface area is 148 Å². The zero-order valence-electron chi connectivity index (χ0n) is 13.0. The van der Waals surface area contributed by atoms with Gasteiger partial charge in [0.05, 0.1) is 14.1 Å². The first kappa shape index (κ1) is 18.7. The van der Waals surface area contributed by atoms with Gasteiger partial charge in [0.1, 0.15) is 24.6 Å². The van der Waals surface area contributed by atoms with E-state index in [1.165, 1.54) is 6.07 Å². The summed E-state index contributed by atoms with van der Waals surface area (Å²) in [6.07, 6.45) is 0. The Morgan fingerprint density at radius 1 is 1.14 bits per heavy atom. The Morgan fingerprint density at radius 2 is 1.86 bits per heavy atom. The van der Waals surface area contributed by atoms with Crippen LogP contribution in [0.4, 0.5) is 10.1 Å². The van der Waals surface area contributed by atoms with Gasteiger partial charge in [-0.05, 0) is 36.8 Å². The number of hydrogen-bond donors (Lipinski definition) is 1. The maximum atomic E-state index is 13.7. The fourth-order valence-electron chi connectivity index (χ4n) is 2.11. The minimum absolute atomic E-state index is 0. The highest BCUT2D eigenvalue weighted by Gasteiger charge is 2.19. The first-order chi connectivity index (χ1) is 9.88. The summed E-state index contributed by atoms with van der Waals surface area (Å²) in [5.74, 6) is 0.179. The standard InChI is InChI=1S/C17H20FNO2.HI/c1-13-7-8-17(16(18)11-13)21-10-9-19(2,3)14-5-4-6-15(20)12-14;/h4-8,11-12H,9-10H2,1-3H3;1H. The number of rotatable bonds is 5. The maximum absolute atomic E-state index is 13.7. The molecule has 0 saturated heterocycles. The number of phenolic OH excluding ortho intramolecular Hbond substituents is 1. The Balaban J connectivity index is 0.00000242. The minimum atomic E-state index is -0.335. The van der Waals surface area contributed by atoms with Crippen molar-refractivity contribution < 1.29 is 38.2 Å². The van der Waals surface area contributed by atoms with Crippen molar-refractivity contribution in [3.05, 3.63) is 53.8 Å². The smallest absolute Gasteiger partial charge is 0.165 e. The van der Waals surface area contributed by atoms with Gasteiger partial charge >= 0.3 is 0 Å². The molecule has 0 saturated carbocycles. The molecule has 0 aliphatic heterocycles. The summed E-state index contributed by atoms with van der Waals surface area (Å²) in [5, 5.41) is 9.55. The molecule has 0 fully saturated rings. The van der Waals surface area contributed by atoms with Crippen molar-refractivity contribution >= 4 is 5.69 Å². The molecule has 0 spiro atoms. The van der Waals surface area contributed by atoms with Gasteiger partial charge in [-0.1, -0.05) is 12.1 Å². The van der Waals surface area contributed by atoms with E-state index in [1.807, 2.05) is 39.2 Å². The molecule has 3 nitrogen and oxygen atoms in total. The van der Waals surface area contributed by atoms with Gasteiger partial charge in [0.15, 0.2) is 11.6 Å². The monoisotopic (exact) mass is 417 g/mol. The topological polar surface area (TPSA) is 29.5 Å². The molecular weight excluding hydrogens is 396 g/mol. The zero-order chi connectivity index (χ0) is 15.5.